The minimum absolute atomic E-state index is 0.0631. The normalized spacial score (nSPS) is 15.5. The first kappa shape index (κ1) is 28.0. The number of nitrogens with two attached hydrogens (primary N) is 1. The number of rotatable bonds is 4. The van der Waals surface area contributed by atoms with E-state index in [2.05, 4.69) is 29.1 Å². The summed E-state index contributed by atoms with van der Waals surface area (Å²) in [4.78, 5) is 20.9. The minimum Gasteiger partial charge on any atom is -0.341 e. The van der Waals surface area contributed by atoms with E-state index in [-0.39, 0.29) is 18.0 Å². The fourth-order valence-corrected chi connectivity index (χ4v) is 4.21. The zero-order chi connectivity index (χ0) is 25.5. The molecule has 34 heavy (non-hydrogen) atoms. The summed E-state index contributed by atoms with van der Waals surface area (Å²) < 4.78 is 37.1. The molecule has 2 aromatic rings. The van der Waals surface area contributed by atoms with Gasteiger partial charge in [-0.2, -0.15) is 0 Å². The molecule has 2 saturated heterocycles. The summed E-state index contributed by atoms with van der Waals surface area (Å²) in [5.74, 6) is -0.674. The van der Waals surface area contributed by atoms with Crippen molar-refractivity contribution in [2.75, 3.05) is 26.2 Å². The topological polar surface area (TPSA) is 84.1 Å². The zero-order valence-corrected chi connectivity index (χ0v) is 20.9. The number of nitrogens with zero attached hydrogens (tertiary/aromatic N) is 3. The summed E-state index contributed by atoms with van der Waals surface area (Å²) in [5, 5.41) is 3.59. The third kappa shape index (κ3) is 6.90. The summed E-state index contributed by atoms with van der Waals surface area (Å²) >= 11 is 5.74. The SMILES string of the molecule is CC(=O)N1CC2(CNC2)C1.CCc1nc(Cl)nc(C)c1CC.NCc1cccc(C(F)F)c1F. The molecule has 4 rings (SSSR count). The van der Waals surface area contributed by atoms with Gasteiger partial charge in [0.05, 0.1) is 5.56 Å². The second kappa shape index (κ2) is 12.5. The van der Waals surface area contributed by atoms with E-state index < -0.39 is 17.8 Å². The summed E-state index contributed by atoms with van der Waals surface area (Å²) in [7, 11) is 0. The fraction of sp³-hybridized carbons (Fsp3) is 0.542. The minimum atomic E-state index is -2.78. The third-order valence-corrected chi connectivity index (χ3v) is 6.19. The molecular weight excluding hydrogens is 467 g/mol. The van der Waals surface area contributed by atoms with Gasteiger partial charge in [-0.1, -0.05) is 32.0 Å². The van der Waals surface area contributed by atoms with Crippen LogP contribution in [0, 0.1) is 18.2 Å². The van der Waals surface area contributed by atoms with Gasteiger partial charge in [0.1, 0.15) is 5.82 Å². The Morgan fingerprint density at radius 1 is 1.24 bits per heavy atom. The van der Waals surface area contributed by atoms with Gasteiger partial charge in [-0.05, 0) is 36.9 Å². The monoisotopic (exact) mass is 499 g/mol. The highest BCUT2D eigenvalue weighted by Gasteiger charge is 2.48. The van der Waals surface area contributed by atoms with Gasteiger partial charge in [0.2, 0.25) is 11.2 Å². The van der Waals surface area contributed by atoms with Crippen molar-refractivity contribution in [2.45, 2.75) is 53.5 Å². The largest absolute Gasteiger partial charge is 0.341 e. The zero-order valence-electron chi connectivity index (χ0n) is 20.1. The number of aryl methyl sites for hydroxylation is 2. The van der Waals surface area contributed by atoms with Crippen molar-refractivity contribution in [1.29, 1.82) is 0 Å². The van der Waals surface area contributed by atoms with E-state index in [0.29, 0.717) is 10.7 Å². The molecule has 0 aliphatic carbocycles. The number of carbonyl (C=O) groups excluding carboxylic acids is 1. The third-order valence-electron chi connectivity index (χ3n) is 6.02. The molecule has 0 bridgehead atoms. The van der Waals surface area contributed by atoms with E-state index in [1.807, 2.05) is 11.8 Å². The summed E-state index contributed by atoms with van der Waals surface area (Å²) in [5.41, 5.74) is 8.48. The van der Waals surface area contributed by atoms with Crippen molar-refractivity contribution in [3.8, 4) is 0 Å². The molecule has 0 unspecified atom stereocenters. The first-order valence-corrected chi connectivity index (χ1v) is 11.7. The Morgan fingerprint density at radius 3 is 2.32 bits per heavy atom. The molecule has 6 nitrogen and oxygen atoms in total. The van der Waals surface area contributed by atoms with Crippen LogP contribution in [0.2, 0.25) is 5.28 Å². The van der Waals surface area contributed by atoms with Gasteiger partial charge in [-0.15, -0.1) is 0 Å². The molecule has 1 aromatic heterocycles. The quantitative estimate of drug-likeness (QED) is 0.615. The molecule has 188 valence electrons. The number of amides is 1. The fourth-order valence-electron chi connectivity index (χ4n) is 3.98. The Kier molecular flexibility index (Phi) is 10.3. The van der Waals surface area contributed by atoms with Gasteiger partial charge in [-0.3, -0.25) is 4.79 Å². The van der Waals surface area contributed by atoms with E-state index in [4.69, 9.17) is 17.3 Å². The number of aromatic nitrogens is 2. The Morgan fingerprint density at radius 2 is 1.88 bits per heavy atom. The van der Waals surface area contributed by atoms with E-state index in [0.717, 1.165) is 56.5 Å². The van der Waals surface area contributed by atoms with Crippen molar-refractivity contribution in [2.24, 2.45) is 11.1 Å². The van der Waals surface area contributed by atoms with Crippen LogP contribution < -0.4 is 11.1 Å². The number of nitrogens with one attached hydrogen (secondary N) is 1. The van der Waals surface area contributed by atoms with Gasteiger partial charge in [0, 0.05) is 62.0 Å². The summed E-state index contributed by atoms with van der Waals surface area (Å²) in [6.07, 6.45) is -0.880. The standard InChI is InChI=1S/C9H13ClN2.C8H8F3N.C7H12N2O/c1-4-7-6(3)11-9(10)12-8(7)5-2;9-7-5(4-12)2-1-3-6(7)8(10)11;1-6(10)9-4-7(5-9)2-8-3-7/h4-5H2,1-3H3;1-3,8H,4,12H2;8H,2-5H2,1H3. The van der Waals surface area contributed by atoms with Crippen molar-refractivity contribution < 1.29 is 18.0 Å². The second-order valence-electron chi connectivity index (χ2n) is 8.51. The lowest BCUT2D eigenvalue weighted by molar-refractivity contribution is -0.144. The van der Waals surface area contributed by atoms with Gasteiger partial charge in [0.25, 0.3) is 6.43 Å². The van der Waals surface area contributed by atoms with E-state index in [9.17, 15) is 18.0 Å². The van der Waals surface area contributed by atoms with E-state index in [1.54, 1.807) is 6.92 Å². The lowest BCUT2D eigenvalue weighted by Gasteiger charge is -2.55. The molecule has 2 aliphatic heterocycles. The Hall–Kier alpha value is -2.23. The first-order chi connectivity index (χ1) is 16.1. The summed E-state index contributed by atoms with van der Waals surface area (Å²) in [6.45, 7) is 11.9. The van der Waals surface area contributed by atoms with Gasteiger partial charge >= 0.3 is 0 Å². The van der Waals surface area contributed by atoms with Crippen LogP contribution in [-0.2, 0) is 24.2 Å². The van der Waals surface area contributed by atoms with Crippen LogP contribution in [0.25, 0.3) is 0 Å². The highest BCUT2D eigenvalue weighted by molar-refractivity contribution is 6.28. The van der Waals surface area contributed by atoms with Gasteiger partial charge in [-0.25, -0.2) is 23.1 Å². The Labute approximate surface area is 204 Å². The average molecular weight is 500 g/mol. The molecule has 10 heteroatoms. The van der Waals surface area contributed by atoms with Crippen molar-refractivity contribution in [1.82, 2.24) is 20.2 Å². The number of hydrogen-bond acceptors (Lipinski definition) is 5. The molecule has 0 radical (unpaired) electrons. The van der Waals surface area contributed by atoms with Gasteiger partial charge < -0.3 is 16.0 Å². The van der Waals surface area contributed by atoms with Gasteiger partial charge in [0.15, 0.2) is 0 Å². The second-order valence-corrected chi connectivity index (χ2v) is 8.85. The predicted molar refractivity (Wildman–Crippen MR) is 127 cm³/mol. The molecule has 3 heterocycles. The molecule has 1 aromatic carbocycles. The predicted octanol–water partition coefficient (Wildman–Crippen LogP) is 4.22. The highest BCUT2D eigenvalue weighted by atomic mass is 35.5. The molecular formula is C24H33ClF3N5O. The summed E-state index contributed by atoms with van der Waals surface area (Å²) in [6, 6.07) is 3.81. The highest BCUT2D eigenvalue weighted by Crippen LogP contribution is 2.33. The number of benzene rings is 1. The van der Waals surface area contributed by atoms with Crippen molar-refractivity contribution >= 4 is 17.5 Å². The molecule has 0 atom stereocenters. The average Bonchev–Trinajstić information content (AvgIpc) is 2.72. The van der Waals surface area contributed by atoms with Crippen molar-refractivity contribution in [3.63, 3.8) is 0 Å². The Bertz CT molecular complexity index is 977. The lowest BCUT2D eigenvalue weighted by atomic mass is 9.74. The molecule has 1 amide bonds. The maximum atomic E-state index is 13.0. The van der Waals surface area contributed by atoms with Crippen LogP contribution in [0.15, 0.2) is 18.2 Å². The smallest absolute Gasteiger partial charge is 0.266 e. The molecule has 1 spiro atoms. The van der Waals surface area contributed by atoms with Crippen LogP contribution in [0.1, 0.15) is 55.3 Å². The Balaban J connectivity index is 0.000000181. The number of likely N-dealkylation sites (tertiary alicyclic amines) is 1. The maximum absolute atomic E-state index is 13.0. The van der Waals surface area contributed by atoms with Crippen molar-refractivity contribution in [3.05, 3.63) is 57.4 Å². The first-order valence-electron chi connectivity index (χ1n) is 11.3. The van der Waals surface area contributed by atoms with E-state index >= 15 is 0 Å². The number of hydrogen-bond donors (Lipinski definition) is 2. The molecule has 2 fully saturated rings. The van der Waals surface area contributed by atoms with Crippen LogP contribution in [-0.4, -0.2) is 47.0 Å². The lowest BCUT2D eigenvalue weighted by Crippen LogP contribution is -2.71. The van der Waals surface area contributed by atoms with Crippen LogP contribution in [0.4, 0.5) is 13.2 Å². The van der Waals surface area contributed by atoms with Crippen LogP contribution in [0.5, 0.6) is 0 Å². The molecule has 0 saturated carbocycles. The van der Waals surface area contributed by atoms with Crippen LogP contribution in [0.3, 0.4) is 0 Å². The molecule has 2 aliphatic rings. The number of alkyl halides is 2. The maximum Gasteiger partial charge on any atom is 0.266 e. The molecule has 3 N–H and O–H groups in total. The van der Waals surface area contributed by atoms with Crippen LogP contribution >= 0.6 is 11.6 Å². The number of carbonyl (C=O) groups is 1. The number of halogens is 4. The van der Waals surface area contributed by atoms with E-state index in [1.165, 1.54) is 17.7 Å².